The van der Waals surface area contributed by atoms with Crippen LogP contribution in [0.25, 0.3) is 0 Å². The summed E-state index contributed by atoms with van der Waals surface area (Å²) in [6.07, 6.45) is 6.75. The van der Waals surface area contributed by atoms with E-state index in [2.05, 4.69) is 10.1 Å². The van der Waals surface area contributed by atoms with Gasteiger partial charge in [0.15, 0.2) is 5.82 Å². The van der Waals surface area contributed by atoms with Crippen molar-refractivity contribution in [1.29, 1.82) is 0 Å². The lowest BCUT2D eigenvalue weighted by atomic mass is 9.99. The molecule has 0 saturated heterocycles. The molecule has 2 N–H and O–H groups in total. The monoisotopic (exact) mass is 193 g/mol. The minimum absolute atomic E-state index is 0.295. The van der Waals surface area contributed by atoms with Crippen molar-refractivity contribution in [3.05, 3.63) is 11.7 Å². The molecule has 0 bridgehead atoms. The first-order valence-corrected chi connectivity index (χ1v) is 5.41. The highest BCUT2D eigenvalue weighted by molar-refractivity contribution is 5.09. The van der Waals surface area contributed by atoms with Gasteiger partial charge in [-0.05, 0) is 25.7 Å². The molecular weight excluding hydrogens is 178 g/mol. The third kappa shape index (κ3) is 1.25. The van der Waals surface area contributed by atoms with Gasteiger partial charge in [0, 0.05) is 5.92 Å². The summed E-state index contributed by atoms with van der Waals surface area (Å²) in [5.74, 6) is 2.06. The Kier molecular flexibility index (Phi) is 1.68. The molecule has 76 valence electrons. The Balaban J connectivity index is 1.87. The van der Waals surface area contributed by atoms with Crippen molar-refractivity contribution in [1.82, 2.24) is 10.1 Å². The Labute approximate surface area is 82.9 Å². The Hall–Kier alpha value is -0.900. The molecule has 2 aliphatic rings. The van der Waals surface area contributed by atoms with Crippen LogP contribution in [0.2, 0.25) is 0 Å². The lowest BCUT2D eigenvalue weighted by molar-refractivity contribution is 0.349. The van der Waals surface area contributed by atoms with Crippen molar-refractivity contribution in [2.45, 2.75) is 50.0 Å². The van der Waals surface area contributed by atoms with Crippen molar-refractivity contribution in [2.24, 2.45) is 5.73 Å². The maximum Gasteiger partial charge on any atom is 0.229 e. The molecule has 2 saturated carbocycles. The molecule has 0 aliphatic heterocycles. The third-order valence-electron chi connectivity index (χ3n) is 3.31. The van der Waals surface area contributed by atoms with Crippen molar-refractivity contribution >= 4 is 0 Å². The number of nitrogens with zero attached hydrogens (tertiary/aromatic N) is 2. The van der Waals surface area contributed by atoms with Crippen molar-refractivity contribution < 1.29 is 4.52 Å². The van der Waals surface area contributed by atoms with Crippen LogP contribution in [0.4, 0.5) is 0 Å². The number of rotatable bonds is 2. The van der Waals surface area contributed by atoms with Gasteiger partial charge >= 0.3 is 0 Å². The van der Waals surface area contributed by atoms with Crippen molar-refractivity contribution in [2.75, 3.05) is 0 Å². The summed E-state index contributed by atoms with van der Waals surface area (Å²) in [5, 5.41) is 4.02. The van der Waals surface area contributed by atoms with E-state index in [9.17, 15) is 0 Å². The number of hydrogen-bond acceptors (Lipinski definition) is 4. The second kappa shape index (κ2) is 2.79. The van der Waals surface area contributed by atoms with Gasteiger partial charge in [-0.3, -0.25) is 0 Å². The molecule has 0 aromatic carbocycles. The van der Waals surface area contributed by atoms with Gasteiger partial charge in [0.1, 0.15) is 0 Å². The molecule has 0 unspecified atom stereocenters. The smallest absolute Gasteiger partial charge is 0.229 e. The first-order valence-electron chi connectivity index (χ1n) is 5.41. The topological polar surface area (TPSA) is 64.9 Å². The van der Waals surface area contributed by atoms with Gasteiger partial charge in [-0.25, -0.2) is 0 Å². The molecular formula is C10H15N3O. The van der Waals surface area contributed by atoms with Crippen LogP contribution >= 0.6 is 0 Å². The molecule has 2 aliphatic carbocycles. The van der Waals surface area contributed by atoms with Crippen molar-refractivity contribution in [3.63, 3.8) is 0 Å². The highest BCUT2D eigenvalue weighted by Crippen LogP contribution is 2.41. The number of nitrogens with two attached hydrogens (primary N) is 1. The summed E-state index contributed by atoms with van der Waals surface area (Å²) >= 11 is 0. The van der Waals surface area contributed by atoms with E-state index in [0.29, 0.717) is 5.92 Å². The molecule has 2 fully saturated rings. The molecule has 0 atom stereocenters. The molecule has 4 nitrogen and oxygen atoms in total. The molecule has 3 rings (SSSR count). The Bertz CT molecular complexity index is 337. The van der Waals surface area contributed by atoms with E-state index in [1.807, 2.05) is 0 Å². The van der Waals surface area contributed by atoms with Gasteiger partial charge < -0.3 is 10.3 Å². The van der Waals surface area contributed by atoms with Gasteiger partial charge in [-0.1, -0.05) is 18.0 Å². The van der Waals surface area contributed by atoms with Gasteiger partial charge in [0.25, 0.3) is 0 Å². The Morgan fingerprint density at radius 2 is 2.00 bits per heavy atom. The minimum atomic E-state index is -0.295. The average Bonchev–Trinajstić information content (AvgIpc) is 2.75. The summed E-state index contributed by atoms with van der Waals surface area (Å²) in [6, 6.07) is 0. The van der Waals surface area contributed by atoms with E-state index in [1.54, 1.807) is 0 Å². The van der Waals surface area contributed by atoms with Crippen LogP contribution in [0.15, 0.2) is 4.52 Å². The zero-order chi connectivity index (χ0) is 9.60. The SMILES string of the molecule is NC1(c2noc(C3CC3)n2)CCCC1. The fraction of sp³-hybridized carbons (Fsp3) is 0.800. The second-order valence-corrected chi connectivity index (χ2v) is 4.59. The first kappa shape index (κ1) is 8.41. The summed E-state index contributed by atoms with van der Waals surface area (Å²) in [5.41, 5.74) is 5.93. The van der Waals surface area contributed by atoms with E-state index in [0.717, 1.165) is 24.6 Å². The molecule has 0 amide bonds. The van der Waals surface area contributed by atoms with Gasteiger partial charge in [-0.2, -0.15) is 4.98 Å². The molecule has 4 heteroatoms. The van der Waals surface area contributed by atoms with Crippen molar-refractivity contribution in [3.8, 4) is 0 Å². The molecule has 1 aromatic heterocycles. The zero-order valence-electron chi connectivity index (χ0n) is 8.20. The normalized spacial score (nSPS) is 25.5. The largest absolute Gasteiger partial charge is 0.339 e. The standard InChI is InChI=1S/C10H15N3O/c11-10(5-1-2-6-10)9-12-8(14-13-9)7-3-4-7/h7H,1-6,11H2. The maximum atomic E-state index is 6.23. The molecule has 14 heavy (non-hydrogen) atoms. The zero-order valence-corrected chi connectivity index (χ0v) is 8.20. The predicted octanol–water partition coefficient (Wildman–Crippen LogP) is 1.68. The second-order valence-electron chi connectivity index (χ2n) is 4.59. The summed E-state index contributed by atoms with van der Waals surface area (Å²) in [6.45, 7) is 0. The van der Waals surface area contributed by atoms with E-state index < -0.39 is 0 Å². The highest BCUT2D eigenvalue weighted by atomic mass is 16.5. The molecule has 0 radical (unpaired) electrons. The fourth-order valence-electron chi connectivity index (χ4n) is 2.16. The Morgan fingerprint density at radius 3 is 2.64 bits per heavy atom. The van der Waals surface area contributed by atoms with Crippen LogP contribution < -0.4 is 5.73 Å². The Morgan fingerprint density at radius 1 is 1.29 bits per heavy atom. The van der Waals surface area contributed by atoms with E-state index in [1.165, 1.54) is 25.7 Å². The lowest BCUT2D eigenvalue weighted by Gasteiger charge is -2.17. The summed E-state index contributed by atoms with van der Waals surface area (Å²) < 4.78 is 5.23. The van der Waals surface area contributed by atoms with Crippen LogP contribution in [-0.4, -0.2) is 10.1 Å². The predicted molar refractivity (Wildman–Crippen MR) is 50.6 cm³/mol. The third-order valence-corrected chi connectivity index (χ3v) is 3.31. The van der Waals surface area contributed by atoms with E-state index in [4.69, 9.17) is 10.3 Å². The molecule has 0 spiro atoms. The summed E-state index contributed by atoms with van der Waals surface area (Å²) in [7, 11) is 0. The van der Waals surface area contributed by atoms with Gasteiger partial charge in [0.2, 0.25) is 5.89 Å². The van der Waals surface area contributed by atoms with Gasteiger partial charge in [0.05, 0.1) is 5.54 Å². The van der Waals surface area contributed by atoms with Crippen LogP contribution in [-0.2, 0) is 5.54 Å². The average molecular weight is 193 g/mol. The molecule has 1 aromatic rings. The van der Waals surface area contributed by atoms with Crippen LogP contribution in [0.1, 0.15) is 56.2 Å². The summed E-state index contributed by atoms with van der Waals surface area (Å²) in [4.78, 5) is 4.42. The van der Waals surface area contributed by atoms with E-state index >= 15 is 0 Å². The first-order chi connectivity index (χ1) is 6.78. The lowest BCUT2D eigenvalue weighted by Crippen LogP contribution is -2.34. The van der Waals surface area contributed by atoms with Crippen LogP contribution in [0.5, 0.6) is 0 Å². The fourth-order valence-corrected chi connectivity index (χ4v) is 2.16. The minimum Gasteiger partial charge on any atom is -0.339 e. The number of hydrogen-bond donors (Lipinski definition) is 1. The maximum absolute atomic E-state index is 6.23. The quantitative estimate of drug-likeness (QED) is 0.776. The van der Waals surface area contributed by atoms with Crippen LogP contribution in [0.3, 0.4) is 0 Å². The number of aromatic nitrogens is 2. The van der Waals surface area contributed by atoms with E-state index in [-0.39, 0.29) is 5.54 Å². The van der Waals surface area contributed by atoms with Gasteiger partial charge in [-0.15, -0.1) is 0 Å². The molecule has 1 heterocycles. The van der Waals surface area contributed by atoms with Crippen LogP contribution in [0, 0.1) is 0 Å². The highest BCUT2D eigenvalue weighted by Gasteiger charge is 2.38.